The summed E-state index contributed by atoms with van der Waals surface area (Å²) < 4.78 is 5.50. The molecule has 0 bridgehead atoms. The molecule has 0 aliphatic carbocycles. The number of methoxy groups -OCH3 is 1. The second kappa shape index (κ2) is 6.57. The van der Waals surface area contributed by atoms with E-state index in [2.05, 4.69) is 35.9 Å². The summed E-state index contributed by atoms with van der Waals surface area (Å²) in [4.78, 5) is 4.90. The van der Waals surface area contributed by atoms with Gasteiger partial charge in [-0.25, -0.2) is 0 Å². The highest BCUT2D eigenvalue weighted by atomic mass is 16.5. The molecule has 1 fully saturated rings. The Hall–Kier alpha value is -1.10. The van der Waals surface area contributed by atoms with E-state index in [9.17, 15) is 0 Å². The fraction of sp³-hybridized carbons (Fsp3) is 0.625. The number of nitrogens with zero attached hydrogens (tertiary/aromatic N) is 2. The summed E-state index contributed by atoms with van der Waals surface area (Å²) in [7, 11) is 3.92. The van der Waals surface area contributed by atoms with Crippen LogP contribution in [0.3, 0.4) is 0 Å². The van der Waals surface area contributed by atoms with Crippen molar-refractivity contribution in [3.05, 3.63) is 29.3 Å². The number of benzene rings is 1. The van der Waals surface area contributed by atoms with Gasteiger partial charge in [-0.05, 0) is 38.6 Å². The molecule has 112 valence electrons. The van der Waals surface area contributed by atoms with Crippen molar-refractivity contribution in [3.8, 4) is 5.75 Å². The highest BCUT2D eigenvalue weighted by Gasteiger charge is 2.22. The molecule has 0 aromatic heterocycles. The highest BCUT2D eigenvalue weighted by Crippen LogP contribution is 2.25. The second-order valence-electron chi connectivity index (χ2n) is 5.94. The summed E-state index contributed by atoms with van der Waals surface area (Å²) in [6.07, 6.45) is 0. The molecule has 1 heterocycles. The van der Waals surface area contributed by atoms with Crippen LogP contribution in [0.1, 0.15) is 31.0 Å². The fourth-order valence-corrected chi connectivity index (χ4v) is 2.84. The van der Waals surface area contributed by atoms with Crippen LogP contribution < -0.4 is 10.5 Å². The van der Waals surface area contributed by atoms with Crippen LogP contribution in [0.5, 0.6) is 5.75 Å². The van der Waals surface area contributed by atoms with Gasteiger partial charge in [0.05, 0.1) is 7.11 Å². The molecule has 2 N–H and O–H groups in total. The molecule has 4 nitrogen and oxygen atoms in total. The van der Waals surface area contributed by atoms with Crippen LogP contribution in [0.25, 0.3) is 0 Å². The molecule has 1 saturated heterocycles. The Morgan fingerprint density at radius 3 is 2.75 bits per heavy atom. The second-order valence-corrected chi connectivity index (χ2v) is 5.94. The zero-order chi connectivity index (χ0) is 14.7. The molecule has 1 aliphatic heterocycles. The van der Waals surface area contributed by atoms with Gasteiger partial charge in [-0.3, -0.25) is 4.90 Å². The number of likely N-dealkylation sites (N-methyl/N-ethyl adjacent to an activating group) is 1. The quantitative estimate of drug-likeness (QED) is 0.912. The van der Waals surface area contributed by atoms with Crippen molar-refractivity contribution in [2.24, 2.45) is 5.73 Å². The topological polar surface area (TPSA) is 41.7 Å². The van der Waals surface area contributed by atoms with Crippen LogP contribution in [0.4, 0.5) is 0 Å². The molecule has 4 heteroatoms. The van der Waals surface area contributed by atoms with E-state index in [0.29, 0.717) is 6.04 Å². The Kier molecular flexibility index (Phi) is 5.02. The molecular weight excluding hydrogens is 250 g/mol. The highest BCUT2D eigenvalue weighted by molar-refractivity contribution is 5.38. The predicted molar refractivity (Wildman–Crippen MR) is 83.0 cm³/mol. The summed E-state index contributed by atoms with van der Waals surface area (Å²) in [5.74, 6) is 0.959. The predicted octanol–water partition coefficient (Wildman–Crippen LogP) is 1.85. The standard InChI is InChI=1S/C16H27N3O/c1-12-10-18(3)7-8-19(12)11-15-9-14(13(2)17)5-6-16(15)20-4/h5-6,9,12-13H,7-8,10-11,17H2,1-4H3. The Morgan fingerprint density at radius 1 is 1.40 bits per heavy atom. The van der Waals surface area contributed by atoms with Gasteiger partial charge in [0.1, 0.15) is 5.75 Å². The van der Waals surface area contributed by atoms with Crippen molar-refractivity contribution in [1.29, 1.82) is 0 Å². The van der Waals surface area contributed by atoms with Gasteiger partial charge < -0.3 is 15.4 Å². The molecular formula is C16H27N3O. The molecule has 1 aromatic carbocycles. The van der Waals surface area contributed by atoms with Crippen molar-refractivity contribution < 1.29 is 4.74 Å². The maximum absolute atomic E-state index is 5.99. The minimum Gasteiger partial charge on any atom is -0.496 e. The van der Waals surface area contributed by atoms with E-state index < -0.39 is 0 Å². The fourth-order valence-electron chi connectivity index (χ4n) is 2.84. The van der Waals surface area contributed by atoms with Gasteiger partial charge in [-0.15, -0.1) is 0 Å². The third-order valence-electron chi connectivity index (χ3n) is 4.17. The summed E-state index contributed by atoms with van der Waals surface area (Å²) in [5, 5.41) is 0. The van der Waals surface area contributed by atoms with Crippen molar-refractivity contribution in [1.82, 2.24) is 9.80 Å². The third kappa shape index (κ3) is 3.51. The molecule has 0 spiro atoms. The van der Waals surface area contributed by atoms with Crippen molar-refractivity contribution >= 4 is 0 Å². The Bertz CT molecular complexity index is 447. The van der Waals surface area contributed by atoms with Crippen molar-refractivity contribution in [2.75, 3.05) is 33.8 Å². The Balaban J connectivity index is 2.16. The number of hydrogen-bond acceptors (Lipinski definition) is 4. The van der Waals surface area contributed by atoms with E-state index in [4.69, 9.17) is 10.5 Å². The van der Waals surface area contributed by atoms with Crippen LogP contribution in [0.15, 0.2) is 18.2 Å². The molecule has 1 aromatic rings. The van der Waals surface area contributed by atoms with Gasteiger partial charge in [-0.2, -0.15) is 0 Å². The number of hydrogen-bond donors (Lipinski definition) is 1. The summed E-state index contributed by atoms with van der Waals surface area (Å²) >= 11 is 0. The van der Waals surface area contributed by atoms with Gasteiger partial charge in [0.15, 0.2) is 0 Å². The van der Waals surface area contributed by atoms with Gasteiger partial charge in [0.2, 0.25) is 0 Å². The molecule has 0 amide bonds. The lowest BCUT2D eigenvalue weighted by Gasteiger charge is -2.38. The minimum absolute atomic E-state index is 0.0598. The first kappa shape index (κ1) is 15.3. The first-order valence-corrected chi connectivity index (χ1v) is 7.36. The van der Waals surface area contributed by atoms with E-state index in [1.165, 1.54) is 11.1 Å². The van der Waals surface area contributed by atoms with Crippen LogP contribution in [0.2, 0.25) is 0 Å². The van der Waals surface area contributed by atoms with E-state index in [0.717, 1.165) is 31.9 Å². The molecule has 0 radical (unpaired) electrons. The maximum Gasteiger partial charge on any atom is 0.123 e. The number of rotatable bonds is 4. The Morgan fingerprint density at radius 2 is 2.15 bits per heavy atom. The number of piperazine rings is 1. The summed E-state index contributed by atoms with van der Waals surface area (Å²) in [5.41, 5.74) is 8.40. The molecule has 20 heavy (non-hydrogen) atoms. The van der Waals surface area contributed by atoms with Crippen molar-refractivity contribution in [2.45, 2.75) is 32.5 Å². The van der Waals surface area contributed by atoms with E-state index in [1.54, 1.807) is 7.11 Å². The summed E-state index contributed by atoms with van der Waals surface area (Å²) in [6, 6.07) is 6.91. The van der Waals surface area contributed by atoms with Gasteiger partial charge in [0, 0.05) is 43.8 Å². The lowest BCUT2D eigenvalue weighted by Crippen LogP contribution is -2.49. The molecule has 2 atom stereocenters. The normalized spacial score (nSPS) is 22.8. The van der Waals surface area contributed by atoms with Crippen LogP contribution in [-0.2, 0) is 6.54 Å². The van der Waals surface area contributed by atoms with Crippen LogP contribution in [0, 0.1) is 0 Å². The average molecular weight is 277 g/mol. The minimum atomic E-state index is 0.0598. The first-order chi connectivity index (χ1) is 9.51. The van der Waals surface area contributed by atoms with Crippen molar-refractivity contribution in [3.63, 3.8) is 0 Å². The lowest BCUT2D eigenvalue weighted by molar-refractivity contribution is 0.0930. The first-order valence-electron chi connectivity index (χ1n) is 7.36. The van der Waals surface area contributed by atoms with Gasteiger partial charge in [0.25, 0.3) is 0 Å². The molecule has 2 unspecified atom stereocenters. The molecule has 1 aliphatic rings. The molecule has 2 rings (SSSR count). The molecule has 0 saturated carbocycles. The third-order valence-corrected chi connectivity index (χ3v) is 4.17. The lowest BCUT2D eigenvalue weighted by atomic mass is 10.0. The monoisotopic (exact) mass is 277 g/mol. The van der Waals surface area contributed by atoms with E-state index in [-0.39, 0.29) is 6.04 Å². The number of ether oxygens (including phenoxy) is 1. The smallest absolute Gasteiger partial charge is 0.123 e. The largest absolute Gasteiger partial charge is 0.496 e. The van der Waals surface area contributed by atoms with E-state index >= 15 is 0 Å². The van der Waals surface area contributed by atoms with E-state index in [1.807, 2.05) is 13.0 Å². The Labute approximate surface area is 122 Å². The number of nitrogens with two attached hydrogens (primary N) is 1. The van der Waals surface area contributed by atoms with Gasteiger partial charge >= 0.3 is 0 Å². The average Bonchev–Trinajstić information content (AvgIpc) is 2.41. The zero-order valence-corrected chi connectivity index (χ0v) is 13.1. The van der Waals surface area contributed by atoms with Crippen LogP contribution >= 0.6 is 0 Å². The zero-order valence-electron chi connectivity index (χ0n) is 13.1. The van der Waals surface area contributed by atoms with Gasteiger partial charge in [-0.1, -0.05) is 6.07 Å². The van der Waals surface area contributed by atoms with Crippen LogP contribution in [-0.4, -0.2) is 49.6 Å². The summed E-state index contributed by atoms with van der Waals surface area (Å²) in [6.45, 7) is 8.58. The SMILES string of the molecule is COc1ccc(C(C)N)cc1CN1CCN(C)CC1C. The maximum atomic E-state index is 5.99.